The zero-order valence-corrected chi connectivity index (χ0v) is 30.4. The van der Waals surface area contributed by atoms with Crippen molar-refractivity contribution >= 4 is 11.8 Å². The summed E-state index contributed by atoms with van der Waals surface area (Å²) in [6, 6.07) is 40.1. The maximum atomic E-state index is 7.20. The second-order valence-corrected chi connectivity index (χ2v) is 14.8. The van der Waals surface area contributed by atoms with Gasteiger partial charge in [0.2, 0.25) is 5.79 Å². The smallest absolute Gasteiger partial charge is 0.223 e. The molecule has 4 heterocycles. The highest BCUT2D eigenvalue weighted by Crippen LogP contribution is 2.50. The minimum Gasteiger partial charge on any atom is -0.376 e. The molecule has 10 heteroatoms. The molecule has 4 aliphatic rings. The normalized spacial score (nSPS) is 33.9. The van der Waals surface area contributed by atoms with E-state index in [0.717, 1.165) is 28.0 Å². The molecular weight excluding hydrogens is 681 g/mol. The summed E-state index contributed by atoms with van der Waals surface area (Å²) in [7, 11) is 1.68. The lowest BCUT2D eigenvalue weighted by molar-refractivity contribution is -0.382. The molecule has 4 saturated heterocycles. The van der Waals surface area contributed by atoms with Crippen LogP contribution in [0.4, 0.5) is 0 Å². The van der Waals surface area contributed by atoms with Gasteiger partial charge < -0.3 is 42.6 Å². The fourth-order valence-corrected chi connectivity index (χ4v) is 8.67. The maximum Gasteiger partial charge on any atom is 0.223 e. The van der Waals surface area contributed by atoms with Gasteiger partial charge in [0.15, 0.2) is 12.6 Å². The first kappa shape index (κ1) is 35.9. The molecule has 0 spiro atoms. The van der Waals surface area contributed by atoms with Gasteiger partial charge in [0, 0.05) is 23.8 Å². The maximum absolute atomic E-state index is 7.20. The van der Waals surface area contributed by atoms with Crippen LogP contribution in [0.3, 0.4) is 0 Å². The number of hydrogen-bond donors (Lipinski definition) is 0. The fraction of sp³-hybridized carbons (Fsp3) is 0.429. The second-order valence-electron chi connectivity index (χ2n) is 13.5. The Hall–Kier alpha value is -3.13. The van der Waals surface area contributed by atoms with Gasteiger partial charge in [0.25, 0.3) is 0 Å². The number of fused-ring (bicyclic) bond motifs is 2. The number of ether oxygens (including phenoxy) is 9. The average molecular weight is 727 g/mol. The van der Waals surface area contributed by atoms with Crippen molar-refractivity contribution in [1.82, 2.24) is 0 Å². The van der Waals surface area contributed by atoms with Gasteiger partial charge in [0.1, 0.15) is 48.2 Å². The van der Waals surface area contributed by atoms with Gasteiger partial charge in [-0.3, -0.25) is 0 Å². The monoisotopic (exact) mass is 726 g/mol. The van der Waals surface area contributed by atoms with Crippen molar-refractivity contribution in [3.05, 3.63) is 144 Å². The third kappa shape index (κ3) is 7.10. The van der Waals surface area contributed by atoms with E-state index in [1.807, 2.05) is 128 Å². The molecule has 0 unspecified atom stereocenters. The average Bonchev–Trinajstić information content (AvgIpc) is 3.62. The second kappa shape index (κ2) is 16.1. The molecule has 0 aromatic heterocycles. The van der Waals surface area contributed by atoms with Crippen LogP contribution in [0, 0.1) is 0 Å². The van der Waals surface area contributed by atoms with E-state index < -0.39 is 61.1 Å². The van der Waals surface area contributed by atoms with Crippen LogP contribution in [0.15, 0.2) is 121 Å². The Morgan fingerprint density at radius 2 is 1.31 bits per heavy atom. The summed E-state index contributed by atoms with van der Waals surface area (Å²) < 4.78 is 60.5. The van der Waals surface area contributed by atoms with E-state index in [4.69, 9.17) is 42.6 Å². The van der Waals surface area contributed by atoms with Crippen LogP contribution < -0.4 is 0 Å². The first-order chi connectivity index (χ1) is 25.6. The van der Waals surface area contributed by atoms with Crippen LogP contribution in [0.25, 0.3) is 0 Å². The minimum absolute atomic E-state index is 0.275. The van der Waals surface area contributed by atoms with Gasteiger partial charge >= 0.3 is 0 Å². The molecular formula is C42H46O9S. The quantitative estimate of drug-likeness (QED) is 0.161. The molecule has 0 radical (unpaired) electrons. The third-order valence-corrected chi connectivity index (χ3v) is 11.2. The van der Waals surface area contributed by atoms with Crippen LogP contribution in [0.1, 0.15) is 42.4 Å². The zero-order chi connectivity index (χ0) is 35.5. The van der Waals surface area contributed by atoms with Crippen LogP contribution in [-0.4, -0.2) is 80.0 Å². The van der Waals surface area contributed by atoms with Crippen LogP contribution in [-0.2, 0) is 55.0 Å². The number of benzene rings is 4. The van der Waals surface area contributed by atoms with Crippen molar-refractivity contribution in [1.29, 1.82) is 0 Å². The predicted molar refractivity (Wildman–Crippen MR) is 195 cm³/mol. The Bertz CT molecular complexity index is 1660. The van der Waals surface area contributed by atoms with Crippen LogP contribution >= 0.6 is 11.8 Å². The highest BCUT2D eigenvalue weighted by atomic mass is 32.2. The fourth-order valence-electron chi connectivity index (χ4n) is 7.69. The van der Waals surface area contributed by atoms with Gasteiger partial charge in [0.05, 0.1) is 19.3 Å². The van der Waals surface area contributed by atoms with E-state index >= 15 is 0 Å². The number of methoxy groups -OCH3 is 1. The Balaban J connectivity index is 1.12. The number of hydrogen-bond acceptors (Lipinski definition) is 10. The Kier molecular flexibility index (Phi) is 11.1. The summed E-state index contributed by atoms with van der Waals surface area (Å²) in [4.78, 5) is 0. The molecule has 11 atom stereocenters. The van der Waals surface area contributed by atoms with E-state index in [2.05, 4.69) is 6.92 Å². The first-order valence-corrected chi connectivity index (χ1v) is 19.2. The van der Waals surface area contributed by atoms with Crippen molar-refractivity contribution in [2.75, 3.05) is 19.5 Å². The number of thioether (sulfide) groups is 1. The minimum atomic E-state index is -1.17. The van der Waals surface area contributed by atoms with Crippen LogP contribution in [0.5, 0.6) is 0 Å². The molecule has 274 valence electrons. The van der Waals surface area contributed by atoms with Crippen molar-refractivity contribution < 1.29 is 42.6 Å². The Morgan fingerprint density at radius 3 is 1.94 bits per heavy atom. The largest absolute Gasteiger partial charge is 0.376 e. The van der Waals surface area contributed by atoms with Gasteiger partial charge in [-0.15, -0.1) is 11.8 Å². The van der Waals surface area contributed by atoms with Crippen LogP contribution in [0.2, 0.25) is 0 Å². The standard InChI is InChI=1S/C42H46O9S/c1-4-52-41-38-36(50-42(51-38,30-21-13-7-14-22-30)31-23-15-8-16-24-31)33(27(2)46-41)48-40-37(44-25-28-17-9-5-10-18-28)35(43-3)34-32(47-40)26-45-39(49-34)29-19-11-6-12-20-29/h5-24,27,32-41H,4,25-26H2,1-3H3/t27-,32+,33-,34+,35+,36+,37+,38+,39+,40-,41-/m0/s1. The van der Waals surface area contributed by atoms with Crippen molar-refractivity contribution in [3.8, 4) is 0 Å². The van der Waals surface area contributed by atoms with Crippen molar-refractivity contribution in [3.63, 3.8) is 0 Å². The van der Waals surface area contributed by atoms with E-state index in [0.29, 0.717) is 6.61 Å². The first-order valence-electron chi connectivity index (χ1n) is 18.1. The molecule has 52 heavy (non-hydrogen) atoms. The predicted octanol–water partition coefficient (Wildman–Crippen LogP) is 6.99. The summed E-state index contributed by atoms with van der Waals surface area (Å²) in [6.07, 6.45) is -5.48. The van der Waals surface area contributed by atoms with Gasteiger partial charge in [-0.05, 0) is 18.2 Å². The Labute approximate surface area is 309 Å². The Morgan fingerprint density at radius 1 is 0.692 bits per heavy atom. The molecule has 0 aliphatic carbocycles. The molecule has 0 bridgehead atoms. The number of rotatable bonds is 11. The molecule has 4 aliphatic heterocycles. The lowest BCUT2D eigenvalue weighted by Gasteiger charge is -2.50. The summed E-state index contributed by atoms with van der Waals surface area (Å²) in [5, 5.41) is 0. The molecule has 4 aromatic rings. The molecule has 0 N–H and O–H groups in total. The summed E-state index contributed by atoms with van der Waals surface area (Å²) in [5.74, 6) is -0.323. The lowest BCUT2D eigenvalue weighted by atomic mass is 9.96. The SMILES string of the molecule is CCS[C@@H]1O[C@@H](C)[C@H](O[C@@H]2O[C@@H]3CO[C@@H](c4ccccc4)O[C@H]3[C@@H](OC)[C@H]2OCc2ccccc2)[C@H]2OC(c3ccccc3)(c3ccccc3)O[C@H]21. The third-order valence-electron chi connectivity index (χ3n) is 10.2. The van der Waals surface area contributed by atoms with Gasteiger partial charge in [-0.25, -0.2) is 0 Å². The highest BCUT2D eigenvalue weighted by Gasteiger charge is 2.61. The van der Waals surface area contributed by atoms with Gasteiger partial charge in [-0.2, -0.15) is 0 Å². The highest BCUT2D eigenvalue weighted by molar-refractivity contribution is 7.99. The van der Waals surface area contributed by atoms with E-state index in [1.165, 1.54) is 0 Å². The molecule has 0 amide bonds. The van der Waals surface area contributed by atoms with Gasteiger partial charge in [-0.1, -0.05) is 128 Å². The zero-order valence-electron chi connectivity index (χ0n) is 29.6. The van der Waals surface area contributed by atoms with E-state index in [1.54, 1.807) is 18.9 Å². The molecule has 0 saturated carbocycles. The molecule has 4 aromatic carbocycles. The van der Waals surface area contributed by atoms with Crippen molar-refractivity contribution in [2.24, 2.45) is 0 Å². The summed E-state index contributed by atoms with van der Waals surface area (Å²) in [6.45, 7) is 4.76. The molecule has 9 nitrogen and oxygen atoms in total. The molecule has 4 fully saturated rings. The summed E-state index contributed by atoms with van der Waals surface area (Å²) in [5.41, 5.74) is 3.46. The van der Waals surface area contributed by atoms with E-state index in [-0.39, 0.29) is 18.1 Å². The van der Waals surface area contributed by atoms with E-state index in [9.17, 15) is 0 Å². The van der Waals surface area contributed by atoms with Crippen molar-refractivity contribution in [2.45, 2.75) is 93.1 Å². The topological polar surface area (TPSA) is 83.1 Å². The summed E-state index contributed by atoms with van der Waals surface area (Å²) >= 11 is 1.70. The lowest BCUT2D eigenvalue weighted by Crippen LogP contribution is -2.65. The molecule has 8 rings (SSSR count).